The molecule has 0 spiro atoms. The van der Waals surface area contributed by atoms with E-state index < -0.39 is 58.3 Å². The third kappa shape index (κ3) is 4.35. The number of nitrogens with one attached hydrogen (secondary N) is 1. The highest BCUT2D eigenvalue weighted by atomic mass is 32.2. The Morgan fingerprint density at radius 3 is 2.78 bits per heavy atom. The molecule has 176 valence electrons. The zero-order valence-electron chi connectivity index (χ0n) is 23.9. The summed E-state index contributed by atoms with van der Waals surface area (Å²) in [6, 6.07) is -1.08. The largest absolute Gasteiger partial charge is 0.388 e. The molecule has 4 rings (SSSR count). The van der Waals surface area contributed by atoms with Crippen LogP contribution in [0.15, 0.2) is 17.1 Å². The summed E-state index contributed by atoms with van der Waals surface area (Å²) < 4.78 is 106. The number of pyridine rings is 1. The molecule has 0 radical (unpaired) electrons. The summed E-state index contributed by atoms with van der Waals surface area (Å²) in [7, 11) is -4.49. The van der Waals surface area contributed by atoms with Gasteiger partial charge in [-0.25, -0.2) is 26.5 Å². The van der Waals surface area contributed by atoms with Crippen molar-refractivity contribution in [1.82, 2.24) is 18.8 Å². The minimum Gasteiger partial charge on any atom is -0.388 e. The molecule has 12 heteroatoms. The molecule has 2 fully saturated rings. The molecule has 1 saturated carbocycles. The maximum atomic E-state index is 14.1. The van der Waals surface area contributed by atoms with Crippen molar-refractivity contribution in [2.75, 3.05) is 24.6 Å². The van der Waals surface area contributed by atoms with Gasteiger partial charge in [0.15, 0.2) is 0 Å². The topological polar surface area (TPSA) is 117 Å². The third-order valence-corrected chi connectivity index (χ3v) is 7.05. The predicted octanol–water partition coefficient (Wildman–Crippen LogP) is 2.04. The minimum atomic E-state index is -4.49. The van der Waals surface area contributed by atoms with Crippen molar-refractivity contribution in [1.29, 1.82) is 0 Å². The van der Waals surface area contributed by atoms with Crippen molar-refractivity contribution in [2.45, 2.75) is 63.0 Å². The summed E-state index contributed by atoms with van der Waals surface area (Å²) in [4.78, 5) is 21.6. The van der Waals surface area contributed by atoms with Gasteiger partial charge in [-0.1, -0.05) is 0 Å². The number of piperidine rings is 1. The number of aliphatic hydroxyl groups is 1. The lowest BCUT2D eigenvalue weighted by atomic mass is 9.99. The van der Waals surface area contributed by atoms with Crippen molar-refractivity contribution in [3.05, 3.63) is 28.2 Å². The standard InChI is InChI=1S/C20H27F2N5O4S/c1-20(29)7-3-4-15(20)27-17-12(10-14(16(21)22)18(27)28)11-23-19(25-17)24-13-5-8-26(9-6-13)32(2,30)31/h10-11,13,15-16,29H,3-9H2,1-2H3,(H,23,24,25)/i1D3,2D3,16D. The van der Waals surface area contributed by atoms with Crippen molar-refractivity contribution in [3.8, 4) is 0 Å². The summed E-state index contributed by atoms with van der Waals surface area (Å²) in [5, 5.41) is 14.0. The molecule has 2 aromatic rings. The number of rotatable bonds is 5. The van der Waals surface area contributed by atoms with Gasteiger partial charge in [-0.3, -0.25) is 9.36 Å². The average molecular weight is 479 g/mol. The van der Waals surface area contributed by atoms with Crippen LogP contribution in [-0.4, -0.2) is 63.3 Å². The SMILES string of the molecule is [2H]C(F)(F)c1cc2cnc(NC3CCN(S(=O)(=O)C([2H])([2H])[2H])CC3)nc2n(C2CCCC2(O)C([2H])([2H])[2H])c1=O. The molecule has 1 aliphatic carbocycles. The number of halogens is 2. The van der Waals surface area contributed by atoms with Crippen molar-refractivity contribution < 1.29 is 31.9 Å². The van der Waals surface area contributed by atoms with Crippen LogP contribution < -0.4 is 10.9 Å². The van der Waals surface area contributed by atoms with Crippen LogP contribution in [0.2, 0.25) is 0 Å². The molecule has 1 saturated heterocycles. The first-order chi connectivity index (χ1) is 17.8. The van der Waals surface area contributed by atoms with Crippen molar-refractivity contribution in [3.63, 3.8) is 0 Å². The summed E-state index contributed by atoms with van der Waals surface area (Å²) >= 11 is 0. The molecule has 2 unspecified atom stereocenters. The number of fused-ring (bicyclic) bond motifs is 1. The van der Waals surface area contributed by atoms with Gasteiger partial charge in [-0.05, 0) is 45.0 Å². The summed E-state index contributed by atoms with van der Waals surface area (Å²) in [6.07, 6.45) is -6.04. The zero-order chi connectivity index (χ0) is 29.2. The van der Waals surface area contributed by atoms with E-state index in [-0.39, 0.29) is 62.2 Å². The summed E-state index contributed by atoms with van der Waals surface area (Å²) in [6.45, 7) is -3.13. The number of aromatic nitrogens is 3. The molecule has 2 atom stereocenters. The summed E-state index contributed by atoms with van der Waals surface area (Å²) in [5.41, 5.74) is -5.20. The molecule has 2 aromatic heterocycles. The number of hydrogen-bond donors (Lipinski definition) is 2. The highest BCUT2D eigenvalue weighted by Gasteiger charge is 2.40. The van der Waals surface area contributed by atoms with E-state index in [1.165, 1.54) is 0 Å². The van der Waals surface area contributed by atoms with E-state index in [1.807, 2.05) is 0 Å². The Hall–Kier alpha value is -2.18. The second-order valence-electron chi connectivity index (χ2n) is 8.12. The Morgan fingerprint density at radius 2 is 2.12 bits per heavy atom. The third-order valence-electron chi connectivity index (χ3n) is 6.00. The van der Waals surface area contributed by atoms with Crippen LogP contribution in [0.5, 0.6) is 0 Å². The van der Waals surface area contributed by atoms with E-state index in [0.717, 1.165) is 16.6 Å². The lowest BCUT2D eigenvalue weighted by Gasteiger charge is -2.31. The van der Waals surface area contributed by atoms with Crippen LogP contribution in [0.3, 0.4) is 0 Å². The maximum Gasteiger partial charge on any atom is 0.269 e. The number of alkyl halides is 2. The Labute approximate surface area is 194 Å². The summed E-state index contributed by atoms with van der Waals surface area (Å²) in [5.74, 6) is -0.0754. The molecule has 0 bridgehead atoms. The van der Waals surface area contributed by atoms with Gasteiger partial charge in [0, 0.05) is 38.9 Å². The fourth-order valence-electron chi connectivity index (χ4n) is 4.35. The molecular weight excluding hydrogens is 444 g/mol. The van der Waals surface area contributed by atoms with Crippen LogP contribution in [0.1, 0.15) is 66.6 Å². The molecule has 32 heavy (non-hydrogen) atoms. The first-order valence-corrected chi connectivity index (χ1v) is 11.5. The van der Waals surface area contributed by atoms with Gasteiger partial charge in [0.2, 0.25) is 16.0 Å². The van der Waals surface area contributed by atoms with Crippen molar-refractivity contribution >= 4 is 27.0 Å². The Bertz CT molecular complexity index is 1420. The lowest BCUT2D eigenvalue weighted by Crippen LogP contribution is -2.42. The first kappa shape index (κ1) is 15.6. The van der Waals surface area contributed by atoms with E-state index >= 15 is 0 Å². The normalized spacial score (nSPS) is 30.0. The number of nitrogens with zero attached hydrogens (tertiary/aromatic N) is 4. The Kier molecular flexibility index (Phi) is 4.05. The van der Waals surface area contributed by atoms with Gasteiger partial charge in [0.1, 0.15) is 7.02 Å². The second-order valence-corrected chi connectivity index (χ2v) is 9.59. The van der Waals surface area contributed by atoms with Crippen LogP contribution in [0, 0.1) is 0 Å². The van der Waals surface area contributed by atoms with Crippen LogP contribution >= 0.6 is 0 Å². The molecule has 1 aliphatic heterocycles. The fraction of sp³-hybridized carbons (Fsp3) is 0.650. The molecule has 2 aliphatic rings. The molecule has 9 nitrogen and oxygen atoms in total. The van der Waals surface area contributed by atoms with E-state index in [4.69, 9.17) is 9.60 Å². The molecule has 0 amide bonds. The predicted molar refractivity (Wildman–Crippen MR) is 115 cm³/mol. The fourth-order valence-corrected chi connectivity index (χ4v) is 5.04. The Balaban J connectivity index is 1.72. The van der Waals surface area contributed by atoms with Crippen molar-refractivity contribution in [2.24, 2.45) is 0 Å². The number of hydrogen-bond acceptors (Lipinski definition) is 7. The smallest absolute Gasteiger partial charge is 0.269 e. The lowest BCUT2D eigenvalue weighted by molar-refractivity contribution is 0.0261. The number of anilines is 1. The van der Waals surface area contributed by atoms with E-state index in [2.05, 4.69) is 15.3 Å². The monoisotopic (exact) mass is 478 g/mol. The minimum absolute atomic E-state index is 0.0138. The highest BCUT2D eigenvalue weighted by Crippen LogP contribution is 2.39. The Morgan fingerprint density at radius 1 is 1.38 bits per heavy atom. The number of sulfonamides is 1. The van der Waals surface area contributed by atoms with Gasteiger partial charge >= 0.3 is 0 Å². The van der Waals surface area contributed by atoms with E-state index in [0.29, 0.717) is 4.57 Å². The zero-order valence-corrected chi connectivity index (χ0v) is 17.7. The molecular formula is C20H27F2N5O4S. The van der Waals surface area contributed by atoms with Gasteiger partial charge in [-0.15, -0.1) is 0 Å². The second kappa shape index (κ2) is 8.31. The maximum absolute atomic E-state index is 14.1. The van der Waals surface area contributed by atoms with Gasteiger partial charge in [0.25, 0.3) is 12.0 Å². The van der Waals surface area contributed by atoms with E-state index in [9.17, 15) is 27.1 Å². The quantitative estimate of drug-likeness (QED) is 0.675. The highest BCUT2D eigenvalue weighted by molar-refractivity contribution is 7.88. The van der Waals surface area contributed by atoms with Gasteiger partial charge < -0.3 is 10.4 Å². The average Bonchev–Trinajstić information content (AvgIpc) is 3.20. The molecule has 0 aromatic carbocycles. The van der Waals surface area contributed by atoms with Crippen LogP contribution in [0.4, 0.5) is 14.7 Å². The van der Waals surface area contributed by atoms with Gasteiger partial charge in [-0.2, -0.15) is 4.98 Å². The van der Waals surface area contributed by atoms with Crippen LogP contribution in [0.25, 0.3) is 11.0 Å². The molecule has 3 heterocycles. The molecule has 2 N–H and O–H groups in total. The van der Waals surface area contributed by atoms with Gasteiger partial charge in [0.05, 0.1) is 23.4 Å². The van der Waals surface area contributed by atoms with Crippen LogP contribution in [-0.2, 0) is 10.0 Å². The van der Waals surface area contributed by atoms with E-state index in [1.54, 1.807) is 0 Å². The first-order valence-electron chi connectivity index (χ1n) is 13.6.